The molecule has 2 aromatic carbocycles. The van der Waals surface area contributed by atoms with E-state index >= 15 is 0 Å². The van der Waals surface area contributed by atoms with Crippen LogP contribution in [0.1, 0.15) is 32.0 Å². The number of aromatic amines is 1. The number of aryl methyl sites for hydroxylation is 1. The number of nitrogens with one attached hydrogen (secondary N) is 2. The van der Waals surface area contributed by atoms with E-state index in [9.17, 15) is 13.6 Å². The summed E-state index contributed by atoms with van der Waals surface area (Å²) in [6.45, 7) is 4.10. The topological polar surface area (TPSA) is 111 Å². The molecule has 6 rings (SSSR count). The average Bonchev–Trinajstić information content (AvgIpc) is 3.53. The van der Waals surface area contributed by atoms with Gasteiger partial charge in [0, 0.05) is 37.2 Å². The first kappa shape index (κ1) is 26.1. The van der Waals surface area contributed by atoms with Crippen LogP contribution in [0.15, 0.2) is 48.9 Å². The maximum absolute atomic E-state index is 13.2. The molecular formula is C28H26ClF2N7O2. The van der Waals surface area contributed by atoms with E-state index in [0.717, 1.165) is 16.9 Å². The number of ether oxygens (including phenoxy) is 1. The molecule has 1 unspecified atom stereocenters. The summed E-state index contributed by atoms with van der Waals surface area (Å²) in [5, 5.41) is 6.47. The minimum atomic E-state index is -2.58. The van der Waals surface area contributed by atoms with Crippen LogP contribution in [0.5, 0.6) is 11.5 Å². The standard InChI is InChI=1S/C28H26ClF2N7O2/c1-3-19(29)27(39)37-26-24(40-18-4-5-20-22(8-18)35-15(2)34-20)7-6-21-25(26)36-23(12-32-21)17-11-33-38(14-17)13-16-9-28(30,31)10-16/h4-8,11-12,14,16,19H,3,9-10,13H2,1-2H3,(H,34,35)(H,37,39). The summed E-state index contributed by atoms with van der Waals surface area (Å²) in [4.78, 5) is 29.8. The monoisotopic (exact) mass is 565 g/mol. The molecule has 1 atom stereocenters. The fourth-order valence-electron chi connectivity index (χ4n) is 4.87. The number of benzene rings is 2. The third-order valence-electron chi connectivity index (χ3n) is 6.92. The zero-order chi connectivity index (χ0) is 28.0. The Balaban J connectivity index is 1.36. The number of amides is 1. The fourth-order valence-corrected chi connectivity index (χ4v) is 4.93. The van der Waals surface area contributed by atoms with E-state index in [1.165, 1.54) is 0 Å². The Morgan fingerprint density at radius 2 is 2.02 bits per heavy atom. The molecule has 40 heavy (non-hydrogen) atoms. The number of rotatable bonds is 8. The number of nitrogens with zero attached hydrogens (tertiary/aromatic N) is 5. The Kier molecular flexibility index (Phi) is 6.61. The summed E-state index contributed by atoms with van der Waals surface area (Å²) in [5.74, 6) is -1.39. The van der Waals surface area contributed by atoms with Gasteiger partial charge in [-0.2, -0.15) is 5.10 Å². The first-order chi connectivity index (χ1) is 19.2. The van der Waals surface area contributed by atoms with Gasteiger partial charge in [0.15, 0.2) is 5.75 Å². The molecule has 5 aromatic rings. The van der Waals surface area contributed by atoms with Gasteiger partial charge < -0.3 is 15.0 Å². The van der Waals surface area contributed by atoms with Crippen molar-refractivity contribution in [3.05, 3.63) is 54.7 Å². The third-order valence-corrected chi connectivity index (χ3v) is 7.42. The predicted molar refractivity (Wildman–Crippen MR) is 148 cm³/mol. The highest BCUT2D eigenvalue weighted by Crippen LogP contribution is 2.43. The van der Waals surface area contributed by atoms with Crippen molar-refractivity contribution in [2.24, 2.45) is 5.92 Å². The molecule has 1 amide bonds. The fraction of sp³-hybridized carbons (Fsp3) is 0.321. The van der Waals surface area contributed by atoms with Crippen LogP contribution in [-0.4, -0.2) is 46.9 Å². The lowest BCUT2D eigenvalue weighted by molar-refractivity contribution is -0.116. The minimum absolute atomic E-state index is 0.112. The number of fused-ring (bicyclic) bond motifs is 2. The third kappa shape index (κ3) is 5.21. The van der Waals surface area contributed by atoms with Crippen molar-refractivity contribution >= 4 is 45.3 Å². The van der Waals surface area contributed by atoms with Crippen LogP contribution in [0, 0.1) is 12.8 Å². The maximum atomic E-state index is 13.2. The molecule has 1 fully saturated rings. The second-order valence-electron chi connectivity index (χ2n) is 10.1. The highest BCUT2D eigenvalue weighted by Gasteiger charge is 2.45. The van der Waals surface area contributed by atoms with Crippen LogP contribution < -0.4 is 10.1 Å². The van der Waals surface area contributed by atoms with Gasteiger partial charge in [0.1, 0.15) is 28.2 Å². The molecule has 0 saturated heterocycles. The van der Waals surface area contributed by atoms with Gasteiger partial charge >= 0.3 is 0 Å². The number of carbonyl (C=O) groups excluding carboxylic acids is 1. The molecule has 0 spiro atoms. The predicted octanol–water partition coefficient (Wildman–Crippen LogP) is 6.47. The largest absolute Gasteiger partial charge is 0.455 e. The van der Waals surface area contributed by atoms with Crippen molar-refractivity contribution in [2.45, 2.75) is 51.0 Å². The number of hydrogen-bond acceptors (Lipinski definition) is 6. The van der Waals surface area contributed by atoms with E-state index in [0.29, 0.717) is 52.4 Å². The molecule has 206 valence electrons. The van der Waals surface area contributed by atoms with E-state index in [4.69, 9.17) is 21.3 Å². The van der Waals surface area contributed by atoms with Gasteiger partial charge in [0.2, 0.25) is 11.8 Å². The minimum Gasteiger partial charge on any atom is -0.455 e. The molecule has 9 nitrogen and oxygen atoms in total. The van der Waals surface area contributed by atoms with E-state index in [2.05, 4.69) is 25.4 Å². The lowest BCUT2D eigenvalue weighted by atomic mass is 9.81. The second kappa shape index (κ2) is 10.1. The number of imidazole rings is 1. The number of halogens is 3. The van der Waals surface area contributed by atoms with Gasteiger partial charge in [-0.25, -0.2) is 18.7 Å². The van der Waals surface area contributed by atoms with Crippen molar-refractivity contribution < 1.29 is 18.3 Å². The lowest BCUT2D eigenvalue weighted by Gasteiger charge is -2.34. The molecule has 1 aliphatic rings. The number of alkyl halides is 3. The molecule has 1 aliphatic carbocycles. The van der Waals surface area contributed by atoms with Crippen LogP contribution in [-0.2, 0) is 11.3 Å². The summed E-state index contributed by atoms with van der Waals surface area (Å²) >= 11 is 6.24. The molecule has 0 aliphatic heterocycles. The van der Waals surface area contributed by atoms with Crippen LogP contribution in [0.3, 0.4) is 0 Å². The van der Waals surface area contributed by atoms with Gasteiger partial charge in [-0.05, 0) is 43.5 Å². The molecule has 0 radical (unpaired) electrons. The van der Waals surface area contributed by atoms with E-state index in [-0.39, 0.29) is 18.8 Å². The zero-order valence-corrected chi connectivity index (χ0v) is 22.5. The lowest BCUT2D eigenvalue weighted by Crippen LogP contribution is -2.37. The van der Waals surface area contributed by atoms with Crippen molar-refractivity contribution in [3.8, 4) is 22.8 Å². The average molecular weight is 566 g/mol. The number of anilines is 1. The van der Waals surface area contributed by atoms with E-state index in [1.807, 2.05) is 26.0 Å². The Morgan fingerprint density at radius 3 is 2.80 bits per heavy atom. The first-order valence-electron chi connectivity index (χ1n) is 13.0. The number of H-pyrrole nitrogens is 1. The van der Waals surface area contributed by atoms with Crippen molar-refractivity contribution in [1.29, 1.82) is 0 Å². The van der Waals surface area contributed by atoms with Gasteiger partial charge in [0.25, 0.3) is 0 Å². The molecule has 1 saturated carbocycles. The van der Waals surface area contributed by atoms with Gasteiger partial charge in [-0.15, -0.1) is 11.6 Å². The second-order valence-corrected chi connectivity index (χ2v) is 10.6. The molecule has 3 aromatic heterocycles. The highest BCUT2D eigenvalue weighted by atomic mass is 35.5. The normalized spacial score (nSPS) is 15.7. The Labute approximate surface area is 232 Å². The summed E-state index contributed by atoms with van der Waals surface area (Å²) in [7, 11) is 0. The summed E-state index contributed by atoms with van der Waals surface area (Å²) < 4.78 is 34.4. The van der Waals surface area contributed by atoms with Crippen LogP contribution in [0.25, 0.3) is 33.3 Å². The Hall–Kier alpha value is -4.12. The SMILES string of the molecule is CCC(Cl)C(=O)Nc1c(Oc2ccc3nc(C)[nH]c3c2)ccc2ncc(-c3cnn(CC4CC(F)(F)C4)c3)nc12. The van der Waals surface area contributed by atoms with E-state index in [1.54, 1.807) is 41.5 Å². The van der Waals surface area contributed by atoms with Gasteiger partial charge in [-0.3, -0.25) is 14.5 Å². The highest BCUT2D eigenvalue weighted by molar-refractivity contribution is 6.32. The molecule has 3 heterocycles. The van der Waals surface area contributed by atoms with Crippen molar-refractivity contribution in [1.82, 2.24) is 29.7 Å². The Morgan fingerprint density at radius 1 is 1.23 bits per heavy atom. The first-order valence-corrected chi connectivity index (χ1v) is 13.4. The maximum Gasteiger partial charge on any atom is 0.248 e. The van der Waals surface area contributed by atoms with Crippen LogP contribution in [0.2, 0.25) is 0 Å². The van der Waals surface area contributed by atoms with Crippen LogP contribution in [0.4, 0.5) is 14.5 Å². The molecule has 12 heteroatoms. The zero-order valence-electron chi connectivity index (χ0n) is 21.8. The van der Waals surface area contributed by atoms with Crippen LogP contribution >= 0.6 is 11.6 Å². The molecule has 2 N–H and O–H groups in total. The Bertz CT molecular complexity index is 1730. The summed E-state index contributed by atoms with van der Waals surface area (Å²) in [5.41, 5.74) is 4.10. The number of hydrogen-bond donors (Lipinski definition) is 2. The van der Waals surface area contributed by atoms with Gasteiger partial charge in [-0.1, -0.05) is 6.92 Å². The molecular weight excluding hydrogens is 540 g/mol. The number of carbonyl (C=O) groups is 1. The van der Waals surface area contributed by atoms with E-state index < -0.39 is 17.2 Å². The quantitative estimate of drug-likeness (QED) is 0.209. The summed E-state index contributed by atoms with van der Waals surface area (Å²) in [6.07, 6.45) is 5.18. The van der Waals surface area contributed by atoms with Crippen molar-refractivity contribution in [3.63, 3.8) is 0 Å². The molecule has 0 bridgehead atoms. The van der Waals surface area contributed by atoms with Gasteiger partial charge in [0.05, 0.1) is 34.6 Å². The smallest absolute Gasteiger partial charge is 0.248 e. The number of aromatic nitrogens is 6. The van der Waals surface area contributed by atoms with Crippen molar-refractivity contribution in [2.75, 3.05) is 5.32 Å². The summed E-state index contributed by atoms with van der Waals surface area (Å²) in [6, 6.07) is 8.95.